The molecular formula is C10H23N3O. The van der Waals surface area contributed by atoms with Crippen molar-refractivity contribution in [3.63, 3.8) is 0 Å². The van der Waals surface area contributed by atoms with Crippen LogP contribution in [0.1, 0.15) is 13.3 Å². The van der Waals surface area contributed by atoms with Crippen molar-refractivity contribution in [3.8, 4) is 0 Å². The summed E-state index contributed by atoms with van der Waals surface area (Å²) in [5, 5.41) is 0. The zero-order valence-electron chi connectivity index (χ0n) is 10.1. The molecule has 0 heterocycles. The number of hydrogen-bond acceptors (Lipinski definition) is 2. The fourth-order valence-electron chi connectivity index (χ4n) is 1.18. The predicted molar refractivity (Wildman–Crippen MR) is 59.5 cm³/mol. The number of rotatable bonds is 5. The Balaban J connectivity index is 4.07. The molecule has 0 bridgehead atoms. The molecule has 0 N–H and O–H groups in total. The third kappa shape index (κ3) is 5.07. The summed E-state index contributed by atoms with van der Waals surface area (Å²) in [5.74, 6) is 0. The molecule has 0 fully saturated rings. The molecule has 0 aromatic rings. The molecule has 0 rings (SSSR count). The summed E-state index contributed by atoms with van der Waals surface area (Å²) < 4.78 is 0. The molecule has 0 aromatic heterocycles. The highest BCUT2D eigenvalue weighted by Crippen LogP contribution is 1.97. The molecular weight excluding hydrogens is 178 g/mol. The Morgan fingerprint density at radius 3 is 1.93 bits per heavy atom. The van der Waals surface area contributed by atoms with E-state index in [1.165, 1.54) is 0 Å². The zero-order chi connectivity index (χ0) is 11.1. The Morgan fingerprint density at radius 1 is 1.00 bits per heavy atom. The maximum atomic E-state index is 11.7. The van der Waals surface area contributed by atoms with E-state index in [1.54, 1.807) is 19.0 Å². The minimum Gasteiger partial charge on any atom is -0.331 e. The molecule has 0 saturated carbocycles. The van der Waals surface area contributed by atoms with Gasteiger partial charge in [-0.1, -0.05) is 6.92 Å². The van der Waals surface area contributed by atoms with E-state index in [0.29, 0.717) is 0 Å². The zero-order valence-corrected chi connectivity index (χ0v) is 10.1. The van der Waals surface area contributed by atoms with Crippen LogP contribution >= 0.6 is 0 Å². The number of carbonyl (C=O) groups is 1. The van der Waals surface area contributed by atoms with Crippen molar-refractivity contribution in [2.24, 2.45) is 0 Å². The van der Waals surface area contributed by atoms with Crippen LogP contribution in [0.3, 0.4) is 0 Å². The molecule has 0 aliphatic rings. The smallest absolute Gasteiger partial charge is 0.319 e. The highest BCUT2D eigenvalue weighted by molar-refractivity contribution is 5.73. The van der Waals surface area contributed by atoms with Crippen LogP contribution in [-0.4, -0.2) is 68.6 Å². The Bertz CT molecular complexity index is 169. The van der Waals surface area contributed by atoms with Crippen LogP contribution in [0.15, 0.2) is 0 Å². The topological polar surface area (TPSA) is 26.8 Å². The number of amides is 2. The fourth-order valence-corrected chi connectivity index (χ4v) is 1.18. The molecule has 0 atom stereocenters. The number of hydrogen-bond donors (Lipinski definition) is 0. The van der Waals surface area contributed by atoms with Crippen molar-refractivity contribution < 1.29 is 4.79 Å². The van der Waals surface area contributed by atoms with Crippen molar-refractivity contribution in [2.45, 2.75) is 13.3 Å². The van der Waals surface area contributed by atoms with Crippen molar-refractivity contribution in [3.05, 3.63) is 0 Å². The lowest BCUT2D eigenvalue weighted by molar-refractivity contribution is 0.166. The largest absolute Gasteiger partial charge is 0.331 e. The van der Waals surface area contributed by atoms with Crippen LogP contribution in [0.2, 0.25) is 0 Å². The first-order chi connectivity index (χ1) is 6.49. The van der Waals surface area contributed by atoms with E-state index in [9.17, 15) is 4.79 Å². The van der Waals surface area contributed by atoms with Gasteiger partial charge in [-0.05, 0) is 20.5 Å². The van der Waals surface area contributed by atoms with Gasteiger partial charge in [0.25, 0.3) is 0 Å². The first kappa shape index (κ1) is 13.2. The lowest BCUT2D eigenvalue weighted by Crippen LogP contribution is -2.42. The second-order valence-electron chi connectivity index (χ2n) is 3.97. The van der Waals surface area contributed by atoms with E-state index in [1.807, 2.05) is 19.0 Å². The normalized spacial score (nSPS) is 10.4. The molecule has 0 radical (unpaired) electrons. The lowest BCUT2D eigenvalue weighted by atomic mass is 10.4. The van der Waals surface area contributed by atoms with Gasteiger partial charge in [0.1, 0.15) is 0 Å². The van der Waals surface area contributed by atoms with Crippen molar-refractivity contribution in [1.82, 2.24) is 14.7 Å². The maximum absolute atomic E-state index is 11.7. The van der Waals surface area contributed by atoms with Crippen LogP contribution in [0.4, 0.5) is 4.79 Å². The summed E-state index contributed by atoms with van der Waals surface area (Å²) in [5.41, 5.74) is 0. The first-order valence-electron chi connectivity index (χ1n) is 5.10. The number of urea groups is 1. The molecule has 84 valence electrons. The highest BCUT2D eigenvalue weighted by Gasteiger charge is 2.13. The fraction of sp³-hybridized carbons (Fsp3) is 0.900. The van der Waals surface area contributed by atoms with Crippen molar-refractivity contribution in [1.29, 1.82) is 0 Å². The summed E-state index contributed by atoms with van der Waals surface area (Å²) >= 11 is 0. The van der Waals surface area contributed by atoms with Crippen molar-refractivity contribution in [2.75, 3.05) is 47.8 Å². The number of carbonyl (C=O) groups excluding carboxylic acids is 1. The van der Waals surface area contributed by atoms with Gasteiger partial charge in [0.05, 0.1) is 0 Å². The third-order valence-electron chi connectivity index (χ3n) is 1.96. The minimum atomic E-state index is 0.105. The standard InChI is InChI=1S/C10H23N3O/c1-6-7-13(9-8-11(2)3)10(14)12(4)5/h6-9H2,1-5H3. The summed E-state index contributed by atoms with van der Waals surface area (Å²) in [4.78, 5) is 17.3. The summed E-state index contributed by atoms with van der Waals surface area (Å²) in [6, 6.07) is 0.105. The Labute approximate surface area is 87.5 Å². The van der Waals surface area contributed by atoms with Crippen LogP contribution in [0.5, 0.6) is 0 Å². The predicted octanol–water partition coefficient (Wildman–Crippen LogP) is 0.942. The summed E-state index contributed by atoms with van der Waals surface area (Å²) in [6.07, 6.45) is 1.01. The van der Waals surface area contributed by atoms with Crippen LogP contribution in [0.25, 0.3) is 0 Å². The van der Waals surface area contributed by atoms with Gasteiger partial charge in [0, 0.05) is 33.7 Å². The average Bonchev–Trinajstić information content (AvgIpc) is 2.10. The Hall–Kier alpha value is -0.770. The van der Waals surface area contributed by atoms with Gasteiger partial charge in [-0.3, -0.25) is 0 Å². The first-order valence-corrected chi connectivity index (χ1v) is 5.10. The number of likely N-dealkylation sites (N-methyl/N-ethyl adjacent to an activating group) is 1. The second-order valence-corrected chi connectivity index (χ2v) is 3.97. The van der Waals surface area contributed by atoms with Gasteiger partial charge in [0.2, 0.25) is 0 Å². The highest BCUT2D eigenvalue weighted by atomic mass is 16.2. The van der Waals surface area contributed by atoms with Gasteiger partial charge < -0.3 is 14.7 Å². The van der Waals surface area contributed by atoms with Crippen LogP contribution in [-0.2, 0) is 0 Å². The van der Waals surface area contributed by atoms with Gasteiger partial charge in [-0.2, -0.15) is 0 Å². The molecule has 2 amide bonds. The molecule has 14 heavy (non-hydrogen) atoms. The van der Waals surface area contributed by atoms with Gasteiger partial charge in [-0.25, -0.2) is 4.79 Å². The third-order valence-corrected chi connectivity index (χ3v) is 1.96. The molecule has 0 unspecified atom stereocenters. The quantitative estimate of drug-likeness (QED) is 0.662. The SMILES string of the molecule is CCCN(CCN(C)C)C(=O)N(C)C. The molecule has 4 nitrogen and oxygen atoms in total. The molecule has 0 aliphatic carbocycles. The van der Waals surface area contributed by atoms with E-state index in [2.05, 4.69) is 11.8 Å². The molecule has 0 aromatic carbocycles. The van der Waals surface area contributed by atoms with Crippen LogP contribution in [0, 0.1) is 0 Å². The summed E-state index contributed by atoms with van der Waals surface area (Å²) in [6.45, 7) is 4.65. The van der Waals surface area contributed by atoms with E-state index in [4.69, 9.17) is 0 Å². The number of nitrogens with zero attached hydrogens (tertiary/aromatic N) is 3. The molecule has 0 saturated heterocycles. The van der Waals surface area contributed by atoms with E-state index < -0.39 is 0 Å². The summed E-state index contributed by atoms with van der Waals surface area (Å²) in [7, 11) is 7.62. The monoisotopic (exact) mass is 201 g/mol. The van der Waals surface area contributed by atoms with Gasteiger partial charge >= 0.3 is 6.03 Å². The average molecular weight is 201 g/mol. The molecule has 4 heteroatoms. The van der Waals surface area contributed by atoms with Crippen LogP contribution < -0.4 is 0 Å². The van der Waals surface area contributed by atoms with Crippen molar-refractivity contribution >= 4 is 6.03 Å². The van der Waals surface area contributed by atoms with Gasteiger partial charge in [-0.15, -0.1) is 0 Å². The van der Waals surface area contributed by atoms with E-state index in [-0.39, 0.29) is 6.03 Å². The maximum Gasteiger partial charge on any atom is 0.319 e. The minimum absolute atomic E-state index is 0.105. The van der Waals surface area contributed by atoms with Gasteiger partial charge in [0.15, 0.2) is 0 Å². The molecule has 0 aliphatic heterocycles. The second kappa shape index (κ2) is 6.65. The van der Waals surface area contributed by atoms with E-state index >= 15 is 0 Å². The Kier molecular flexibility index (Phi) is 6.28. The van der Waals surface area contributed by atoms with E-state index in [0.717, 1.165) is 26.1 Å². The lowest BCUT2D eigenvalue weighted by Gasteiger charge is -2.26. The Morgan fingerprint density at radius 2 is 1.57 bits per heavy atom. The molecule has 0 spiro atoms.